The highest BCUT2D eigenvalue weighted by Gasteiger charge is 2.13. The Labute approximate surface area is 153 Å². The summed E-state index contributed by atoms with van der Waals surface area (Å²) in [5.74, 6) is 2.51. The number of ether oxygens (including phenoxy) is 2. The van der Waals surface area contributed by atoms with Crippen LogP contribution in [-0.4, -0.2) is 37.3 Å². The Morgan fingerprint density at radius 2 is 1.54 bits per heavy atom. The predicted octanol–water partition coefficient (Wildman–Crippen LogP) is 4.30. The molecule has 1 aliphatic heterocycles. The Hall–Kier alpha value is -2.82. The fourth-order valence-electron chi connectivity index (χ4n) is 3.43. The van der Waals surface area contributed by atoms with E-state index in [1.54, 1.807) is 14.2 Å². The van der Waals surface area contributed by atoms with Crippen molar-refractivity contribution in [2.24, 2.45) is 0 Å². The number of hydrogen-bond acceptors (Lipinski definition) is 5. The SMILES string of the molecule is COc1cc(OC)cc(-c2ccc3ncc(N4CCCCC4)nc3c2)c1. The fraction of sp³-hybridized carbons (Fsp3) is 0.333. The molecule has 0 unspecified atom stereocenters. The molecule has 134 valence electrons. The van der Waals surface area contributed by atoms with Gasteiger partial charge in [-0.05, 0) is 54.7 Å². The summed E-state index contributed by atoms with van der Waals surface area (Å²) in [6.45, 7) is 2.12. The van der Waals surface area contributed by atoms with Crippen LogP contribution in [0.2, 0.25) is 0 Å². The van der Waals surface area contributed by atoms with Gasteiger partial charge in [-0.15, -0.1) is 0 Å². The van der Waals surface area contributed by atoms with Crippen LogP contribution >= 0.6 is 0 Å². The first-order chi connectivity index (χ1) is 12.8. The zero-order valence-corrected chi connectivity index (χ0v) is 15.2. The lowest BCUT2D eigenvalue weighted by Crippen LogP contribution is -2.30. The molecule has 0 spiro atoms. The molecule has 0 amide bonds. The zero-order valence-electron chi connectivity index (χ0n) is 15.2. The summed E-state index contributed by atoms with van der Waals surface area (Å²) in [5, 5.41) is 0. The van der Waals surface area contributed by atoms with Crippen molar-refractivity contribution in [3.05, 3.63) is 42.6 Å². The average molecular weight is 349 g/mol. The van der Waals surface area contributed by atoms with Crippen LogP contribution in [0.3, 0.4) is 0 Å². The van der Waals surface area contributed by atoms with Crippen molar-refractivity contribution in [1.82, 2.24) is 9.97 Å². The molecule has 0 radical (unpaired) electrons. The quantitative estimate of drug-likeness (QED) is 0.703. The van der Waals surface area contributed by atoms with Gasteiger partial charge in [0.2, 0.25) is 0 Å². The largest absolute Gasteiger partial charge is 0.497 e. The van der Waals surface area contributed by atoms with Crippen LogP contribution in [0, 0.1) is 0 Å². The summed E-state index contributed by atoms with van der Waals surface area (Å²) >= 11 is 0. The number of benzene rings is 2. The van der Waals surface area contributed by atoms with E-state index in [1.807, 2.05) is 30.5 Å². The van der Waals surface area contributed by atoms with Crippen molar-refractivity contribution >= 4 is 16.9 Å². The molecule has 5 nitrogen and oxygen atoms in total. The molecule has 1 saturated heterocycles. The Morgan fingerprint density at radius 3 is 2.23 bits per heavy atom. The number of anilines is 1. The first-order valence-electron chi connectivity index (χ1n) is 9.02. The lowest BCUT2D eigenvalue weighted by molar-refractivity contribution is 0.394. The van der Waals surface area contributed by atoms with Gasteiger partial charge in [0.1, 0.15) is 17.3 Å². The fourth-order valence-corrected chi connectivity index (χ4v) is 3.43. The van der Waals surface area contributed by atoms with Gasteiger partial charge in [-0.25, -0.2) is 4.98 Å². The maximum absolute atomic E-state index is 5.39. The van der Waals surface area contributed by atoms with Crippen LogP contribution in [0.1, 0.15) is 19.3 Å². The van der Waals surface area contributed by atoms with Crippen LogP contribution in [0.4, 0.5) is 5.82 Å². The van der Waals surface area contributed by atoms with Gasteiger partial charge >= 0.3 is 0 Å². The third-order valence-corrected chi connectivity index (χ3v) is 4.89. The van der Waals surface area contributed by atoms with Gasteiger partial charge in [0.25, 0.3) is 0 Å². The smallest absolute Gasteiger partial charge is 0.147 e. The molecule has 1 aromatic heterocycles. The van der Waals surface area contributed by atoms with E-state index in [0.717, 1.165) is 52.6 Å². The van der Waals surface area contributed by atoms with Gasteiger partial charge in [-0.3, -0.25) is 4.98 Å². The van der Waals surface area contributed by atoms with Crippen molar-refractivity contribution in [3.8, 4) is 22.6 Å². The molecule has 1 aliphatic rings. The molecule has 2 heterocycles. The van der Waals surface area contributed by atoms with Crippen molar-refractivity contribution in [3.63, 3.8) is 0 Å². The molecule has 2 aromatic carbocycles. The summed E-state index contributed by atoms with van der Waals surface area (Å²) in [6.07, 6.45) is 5.65. The summed E-state index contributed by atoms with van der Waals surface area (Å²) in [6, 6.07) is 12.1. The van der Waals surface area contributed by atoms with Crippen LogP contribution in [0.25, 0.3) is 22.2 Å². The van der Waals surface area contributed by atoms with E-state index in [-0.39, 0.29) is 0 Å². The van der Waals surface area contributed by atoms with E-state index in [9.17, 15) is 0 Å². The van der Waals surface area contributed by atoms with Crippen LogP contribution in [-0.2, 0) is 0 Å². The van der Waals surface area contributed by atoms with Gasteiger partial charge in [-0.1, -0.05) is 6.07 Å². The number of methoxy groups -OCH3 is 2. The van der Waals surface area contributed by atoms with Crippen molar-refractivity contribution in [2.45, 2.75) is 19.3 Å². The highest BCUT2D eigenvalue weighted by Crippen LogP contribution is 2.31. The third kappa shape index (κ3) is 3.29. The van der Waals surface area contributed by atoms with E-state index in [1.165, 1.54) is 19.3 Å². The Balaban J connectivity index is 1.74. The summed E-state index contributed by atoms with van der Waals surface area (Å²) in [4.78, 5) is 11.8. The number of aromatic nitrogens is 2. The summed E-state index contributed by atoms with van der Waals surface area (Å²) in [7, 11) is 3.32. The maximum Gasteiger partial charge on any atom is 0.147 e. The first-order valence-corrected chi connectivity index (χ1v) is 9.02. The van der Waals surface area contributed by atoms with E-state index >= 15 is 0 Å². The summed E-state index contributed by atoms with van der Waals surface area (Å²) in [5.41, 5.74) is 3.92. The molecule has 4 rings (SSSR count). The van der Waals surface area contributed by atoms with E-state index in [2.05, 4.69) is 22.0 Å². The van der Waals surface area contributed by atoms with Crippen LogP contribution in [0.5, 0.6) is 11.5 Å². The normalized spacial score (nSPS) is 14.5. The molecule has 0 bridgehead atoms. The molecule has 0 N–H and O–H groups in total. The van der Waals surface area contributed by atoms with E-state index < -0.39 is 0 Å². The molecule has 26 heavy (non-hydrogen) atoms. The maximum atomic E-state index is 5.39. The molecule has 0 atom stereocenters. The van der Waals surface area contributed by atoms with Gasteiger partial charge in [0.05, 0.1) is 31.4 Å². The Bertz CT molecular complexity index is 898. The number of piperidine rings is 1. The second kappa shape index (κ2) is 7.20. The first kappa shape index (κ1) is 16.6. The topological polar surface area (TPSA) is 47.5 Å². The lowest BCUT2D eigenvalue weighted by atomic mass is 10.0. The van der Waals surface area contributed by atoms with Gasteiger partial charge < -0.3 is 14.4 Å². The zero-order chi connectivity index (χ0) is 17.9. The average Bonchev–Trinajstić information content (AvgIpc) is 2.73. The van der Waals surface area contributed by atoms with Gasteiger partial charge in [0, 0.05) is 19.2 Å². The van der Waals surface area contributed by atoms with Crippen molar-refractivity contribution < 1.29 is 9.47 Å². The van der Waals surface area contributed by atoms with Crippen molar-refractivity contribution in [2.75, 3.05) is 32.2 Å². The van der Waals surface area contributed by atoms with E-state index in [4.69, 9.17) is 14.5 Å². The lowest BCUT2D eigenvalue weighted by Gasteiger charge is -2.27. The molecule has 1 fully saturated rings. The summed E-state index contributed by atoms with van der Waals surface area (Å²) < 4.78 is 10.8. The van der Waals surface area contributed by atoms with Crippen LogP contribution in [0.15, 0.2) is 42.6 Å². The minimum Gasteiger partial charge on any atom is -0.497 e. The molecular formula is C21H23N3O2. The van der Waals surface area contributed by atoms with E-state index in [0.29, 0.717) is 0 Å². The minimum atomic E-state index is 0.771. The number of rotatable bonds is 4. The van der Waals surface area contributed by atoms with Crippen molar-refractivity contribution in [1.29, 1.82) is 0 Å². The molecule has 0 saturated carbocycles. The van der Waals surface area contributed by atoms with Gasteiger partial charge in [0.15, 0.2) is 0 Å². The van der Waals surface area contributed by atoms with Gasteiger partial charge in [-0.2, -0.15) is 0 Å². The monoisotopic (exact) mass is 349 g/mol. The number of hydrogen-bond donors (Lipinski definition) is 0. The Kier molecular flexibility index (Phi) is 4.61. The van der Waals surface area contributed by atoms with Crippen LogP contribution < -0.4 is 14.4 Å². The standard InChI is InChI=1S/C21H23N3O2/c1-25-17-10-16(11-18(13-17)26-2)15-6-7-19-20(12-15)23-21(14-22-19)24-8-4-3-5-9-24/h6-7,10-14H,3-5,8-9H2,1-2H3. The number of nitrogens with zero attached hydrogens (tertiary/aromatic N) is 3. The number of fused-ring (bicyclic) bond motifs is 1. The third-order valence-electron chi connectivity index (χ3n) is 4.89. The Morgan fingerprint density at radius 1 is 0.808 bits per heavy atom. The second-order valence-corrected chi connectivity index (χ2v) is 6.58. The highest BCUT2D eigenvalue weighted by atomic mass is 16.5. The minimum absolute atomic E-state index is 0.771. The molecule has 5 heteroatoms. The second-order valence-electron chi connectivity index (χ2n) is 6.58. The molecule has 3 aromatic rings. The predicted molar refractivity (Wildman–Crippen MR) is 104 cm³/mol. The molecular weight excluding hydrogens is 326 g/mol. The highest BCUT2D eigenvalue weighted by molar-refractivity contribution is 5.83. The molecule has 0 aliphatic carbocycles.